The summed E-state index contributed by atoms with van der Waals surface area (Å²) in [6.07, 6.45) is 0.307. The van der Waals surface area contributed by atoms with Gasteiger partial charge in [0.2, 0.25) is 0 Å². The molecule has 0 aliphatic heterocycles. The Morgan fingerprint density at radius 3 is 2.20 bits per heavy atom. The molecule has 1 unspecified atom stereocenters. The summed E-state index contributed by atoms with van der Waals surface area (Å²) in [7, 11) is 1.60. The summed E-state index contributed by atoms with van der Waals surface area (Å²) in [6, 6.07) is 1.46. The lowest BCUT2D eigenvalue weighted by atomic mass is 10.0. The Kier molecular flexibility index (Phi) is 4.11. The Balaban J connectivity index is 3.03. The Hall–Kier alpha value is -1.07. The highest BCUT2D eigenvalue weighted by atomic mass is 19.2. The van der Waals surface area contributed by atoms with Crippen molar-refractivity contribution in [1.29, 1.82) is 0 Å². The maximum absolute atomic E-state index is 12.9. The van der Waals surface area contributed by atoms with E-state index < -0.39 is 17.5 Å². The first kappa shape index (κ1) is 12.0. The van der Waals surface area contributed by atoms with E-state index in [4.69, 9.17) is 5.11 Å². The van der Waals surface area contributed by atoms with Gasteiger partial charge in [0.25, 0.3) is 0 Å². The van der Waals surface area contributed by atoms with Crippen LogP contribution in [0.3, 0.4) is 0 Å². The van der Waals surface area contributed by atoms with Gasteiger partial charge in [-0.2, -0.15) is 0 Å². The molecule has 15 heavy (non-hydrogen) atoms. The van der Waals surface area contributed by atoms with Gasteiger partial charge < -0.3 is 10.4 Å². The van der Waals surface area contributed by atoms with E-state index in [1.807, 2.05) is 0 Å². The van der Waals surface area contributed by atoms with Crippen molar-refractivity contribution in [2.24, 2.45) is 0 Å². The summed E-state index contributed by atoms with van der Waals surface area (Å²) in [5.74, 6) is -3.91. The number of rotatable bonds is 4. The zero-order valence-corrected chi connectivity index (χ0v) is 8.23. The van der Waals surface area contributed by atoms with Crippen LogP contribution in [-0.2, 0) is 0 Å². The minimum absolute atomic E-state index is 0.119. The second kappa shape index (κ2) is 5.14. The molecule has 2 N–H and O–H groups in total. The van der Waals surface area contributed by atoms with Gasteiger partial charge in [0, 0.05) is 12.6 Å². The van der Waals surface area contributed by atoms with E-state index in [1.54, 1.807) is 7.05 Å². The first-order valence-corrected chi connectivity index (χ1v) is 4.52. The molecular formula is C10H12F3NO. The molecule has 0 aliphatic rings. The van der Waals surface area contributed by atoms with E-state index in [9.17, 15) is 13.2 Å². The van der Waals surface area contributed by atoms with Gasteiger partial charge in [-0.3, -0.25) is 0 Å². The summed E-state index contributed by atoms with van der Waals surface area (Å²) < 4.78 is 38.4. The Labute approximate surface area is 85.7 Å². The van der Waals surface area contributed by atoms with Crippen LogP contribution in [0, 0.1) is 17.5 Å². The fourth-order valence-corrected chi connectivity index (χ4v) is 1.38. The second-order valence-electron chi connectivity index (χ2n) is 3.15. The number of aliphatic hydroxyl groups is 1. The average Bonchev–Trinajstić information content (AvgIpc) is 2.22. The van der Waals surface area contributed by atoms with Crippen molar-refractivity contribution in [2.45, 2.75) is 12.5 Å². The first-order valence-electron chi connectivity index (χ1n) is 4.52. The molecule has 0 aliphatic carbocycles. The van der Waals surface area contributed by atoms with E-state index in [0.717, 1.165) is 12.1 Å². The molecule has 5 heteroatoms. The van der Waals surface area contributed by atoms with Crippen LogP contribution in [0.25, 0.3) is 0 Å². The molecule has 1 rings (SSSR count). The molecule has 0 spiro atoms. The summed E-state index contributed by atoms with van der Waals surface area (Å²) in [5, 5.41) is 11.5. The minimum atomic E-state index is -1.47. The normalized spacial score (nSPS) is 12.9. The van der Waals surface area contributed by atoms with Crippen LogP contribution in [0.1, 0.15) is 18.0 Å². The predicted molar refractivity (Wildman–Crippen MR) is 49.8 cm³/mol. The molecule has 0 amide bonds. The van der Waals surface area contributed by atoms with E-state index in [2.05, 4.69) is 5.32 Å². The number of hydrogen-bond acceptors (Lipinski definition) is 2. The molecule has 0 heterocycles. The van der Waals surface area contributed by atoms with Crippen LogP contribution in [0.2, 0.25) is 0 Å². The van der Waals surface area contributed by atoms with Crippen LogP contribution >= 0.6 is 0 Å². The number of halogens is 3. The summed E-state index contributed by atoms with van der Waals surface area (Å²) in [6.45, 7) is -0.119. The monoisotopic (exact) mass is 219 g/mol. The summed E-state index contributed by atoms with van der Waals surface area (Å²) in [5.41, 5.74) is 0.281. The van der Waals surface area contributed by atoms with E-state index in [-0.39, 0.29) is 18.2 Å². The maximum Gasteiger partial charge on any atom is 0.194 e. The van der Waals surface area contributed by atoms with Crippen LogP contribution in [-0.4, -0.2) is 18.8 Å². The number of benzene rings is 1. The topological polar surface area (TPSA) is 32.3 Å². The number of aliphatic hydroxyl groups excluding tert-OH is 1. The fourth-order valence-electron chi connectivity index (χ4n) is 1.38. The molecular weight excluding hydrogens is 207 g/mol. The first-order chi connectivity index (χ1) is 7.10. The SMILES string of the molecule is CNC(CCO)c1cc(F)c(F)c(F)c1. The van der Waals surface area contributed by atoms with Gasteiger partial charge in [0.05, 0.1) is 0 Å². The van der Waals surface area contributed by atoms with Crippen LogP contribution in [0.15, 0.2) is 12.1 Å². The zero-order valence-electron chi connectivity index (χ0n) is 8.23. The van der Waals surface area contributed by atoms with E-state index in [1.165, 1.54) is 0 Å². The van der Waals surface area contributed by atoms with Crippen LogP contribution in [0.5, 0.6) is 0 Å². The zero-order chi connectivity index (χ0) is 11.4. The molecule has 0 saturated carbocycles. The quantitative estimate of drug-likeness (QED) is 0.756. The largest absolute Gasteiger partial charge is 0.396 e. The molecule has 0 bridgehead atoms. The lowest BCUT2D eigenvalue weighted by molar-refractivity contribution is 0.268. The average molecular weight is 219 g/mol. The van der Waals surface area contributed by atoms with Crippen LogP contribution < -0.4 is 5.32 Å². The van der Waals surface area contributed by atoms with Crippen molar-refractivity contribution >= 4 is 0 Å². The molecule has 84 valence electrons. The lowest BCUT2D eigenvalue weighted by Gasteiger charge is -2.15. The van der Waals surface area contributed by atoms with Crippen molar-refractivity contribution < 1.29 is 18.3 Å². The third-order valence-corrected chi connectivity index (χ3v) is 2.17. The summed E-state index contributed by atoms with van der Waals surface area (Å²) in [4.78, 5) is 0. The van der Waals surface area contributed by atoms with Crippen molar-refractivity contribution in [1.82, 2.24) is 5.32 Å². The van der Waals surface area contributed by atoms with Gasteiger partial charge in [-0.05, 0) is 31.2 Å². The second-order valence-corrected chi connectivity index (χ2v) is 3.15. The smallest absolute Gasteiger partial charge is 0.194 e. The molecule has 0 aromatic heterocycles. The Morgan fingerprint density at radius 2 is 1.80 bits per heavy atom. The van der Waals surface area contributed by atoms with Crippen molar-refractivity contribution in [2.75, 3.05) is 13.7 Å². The predicted octanol–water partition coefficient (Wildman–Crippen LogP) is 1.75. The summed E-state index contributed by atoms with van der Waals surface area (Å²) >= 11 is 0. The van der Waals surface area contributed by atoms with E-state index in [0.29, 0.717) is 6.42 Å². The Bertz CT molecular complexity index is 320. The van der Waals surface area contributed by atoms with Crippen LogP contribution in [0.4, 0.5) is 13.2 Å². The third kappa shape index (κ3) is 2.70. The molecule has 1 atom stereocenters. The molecule has 1 aromatic carbocycles. The highest BCUT2D eigenvalue weighted by molar-refractivity contribution is 5.22. The maximum atomic E-state index is 12.9. The van der Waals surface area contributed by atoms with Crippen molar-refractivity contribution in [3.63, 3.8) is 0 Å². The Morgan fingerprint density at radius 1 is 1.27 bits per heavy atom. The van der Waals surface area contributed by atoms with Gasteiger partial charge in [-0.25, -0.2) is 13.2 Å². The lowest BCUT2D eigenvalue weighted by Crippen LogP contribution is -2.18. The molecule has 1 aromatic rings. The van der Waals surface area contributed by atoms with Gasteiger partial charge in [0.15, 0.2) is 17.5 Å². The number of nitrogens with one attached hydrogen (secondary N) is 1. The van der Waals surface area contributed by atoms with Gasteiger partial charge >= 0.3 is 0 Å². The van der Waals surface area contributed by atoms with Crippen molar-refractivity contribution in [3.8, 4) is 0 Å². The fraction of sp³-hybridized carbons (Fsp3) is 0.400. The standard InChI is InChI=1S/C10H12F3NO/c1-14-9(2-3-15)6-4-7(11)10(13)8(12)5-6/h4-5,9,14-15H,2-3H2,1H3. The highest BCUT2D eigenvalue weighted by Gasteiger charge is 2.15. The highest BCUT2D eigenvalue weighted by Crippen LogP contribution is 2.21. The van der Waals surface area contributed by atoms with Gasteiger partial charge in [-0.1, -0.05) is 0 Å². The molecule has 0 fully saturated rings. The minimum Gasteiger partial charge on any atom is -0.396 e. The van der Waals surface area contributed by atoms with E-state index >= 15 is 0 Å². The molecule has 0 saturated heterocycles. The van der Waals surface area contributed by atoms with Gasteiger partial charge in [0.1, 0.15) is 0 Å². The third-order valence-electron chi connectivity index (χ3n) is 2.17. The molecule has 0 radical (unpaired) electrons. The van der Waals surface area contributed by atoms with Gasteiger partial charge in [-0.15, -0.1) is 0 Å². The van der Waals surface area contributed by atoms with Crippen molar-refractivity contribution in [3.05, 3.63) is 35.1 Å². The number of hydrogen-bond donors (Lipinski definition) is 2. The molecule has 2 nitrogen and oxygen atoms in total.